The second kappa shape index (κ2) is 8.39. The summed E-state index contributed by atoms with van der Waals surface area (Å²) in [5, 5.41) is 4.17. The fourth-order valence-corrected chi connectivity index (χ4v) is 2.75. The highest BCUT2D eigenvalue weighted by Crippen LogP contribution is 2.26. The van der Waals surface area contributed by atoms with Crippen LogP contribution in [0.1, 0.15) is 51.5 Å². The van der Waals surface area contributed by atoms with E-state index < -0.39 is 0 Å². The van der Waals surface area contributed by atoms with Crippen LogP contribution in [0.15, 0.2) is 18.2 Å². The Kier molecular flexibility index (Phi) is 7.17. The van der Waals surface area contributed by atoms with Gasteiger partial charge in [0.05, 0.1) is 10.6 Å². The van der Waals surface area contributed by atoms with Gasteiger partial charge in [-0.05, 0) is 25.0 Å². The lowest BCUT2D eigenvalue weighted by molar-refractivity contribution is 0.564. The molecule has 0 heterocycles. The van der Waals surface area contributed by atoms with Crippen LogP contribution in [0, 0.1) is 0 Å². The first-order valence-corrected chi connectivity index (χ1v) is 7.73. The predicted molar refractivity (Wildman–Crippen MR) is 89.2 cm³/mol. The van der Waals surface area contributed by atoms with Gasteiger partial charge in [-0.15, -0.1) is 0 Å². The van der Waals surface area contributed by atoms with Crippen LogP contribution in [0.4, 0.5) is 5.69 Å². The number of hydrogen-bond acceptors (Lipinski definition) is 2. The first kappa shape index (κ1) is 16.3. The molecule has 4 heteroatoms. The molecule has 0 fully saturated rings. The minimum absolute atomic E-state index is 0.346. The monoisotopic (exact) mass is 298 g/mol. The molecule has 0 saturated heterocycles. The first-order valence-electron chi connectivity index (χ1n) is 6.95. The highest BCUT2D eigenvalue weighted by Gasteiger charge is 2.13. The zero-order valence-electron chi connectivity index (χ0n) is 11.7. The number of benzene rings is 1. The van der Waals surface area contributed by atoms with Gasteiger partial charge < -0.3 is 11.1 Å². The van der Waals surface area contributed by atoms with Crippen molar-refractivity contribution in [3.05, 3.63) is 28.8 Å². The van der Waals surface area contributed by atoms with Crippen LogP contribution in [0.2, 0.25) is 5.02 Å². The Bertz CT molecular complexity index is 421. The molecular formula is C15H23ClN2S. The fraction of sp³-hybridized carbons (Fsp3) is 0.533. The van der Waals surface area contributed by atoms with E-state index >= 15 is 0 Å². The minimum Gasteiger partial charge on any atom is -0.389 e. The van der Waals surface area contributed by atoms with E-state index in [0.717, 1.165) is 30.5 Å². The van der Waals surface area contributed by atoms with Gasteiger partial charge in [-0.2, -0.15) is 0 Å². The van der Waals surface area contributed by atoms with E-state index in [1.54, 1.807) is 0 Å². The molecule has 2 nitrogen and oxygen atoms in total. The van der Waals surface area contributed by atoms with E-state index in [9.17, 15) is 0 Å². The largest absolute Gasteiger partial charge is 0.389 e. The molecule has 1 rings (SSSR count). The van der Waals surface area contributed by atoms with Crippen LogP contribution in [0.5, 0.6) is 0 Å². The number of thiocarbonyl (C=S) groups is 1. The molecule has 1 aromatic rings. The average molecular weight is 299 g/mol. The molecular weight excluding hydrogens is 276 g/mol. The van der Waals surface area contributed by atoms with Crippen LogP contribution in [0.25, 0.3) is 0 Å². The van der Waals surface area contributed by atoms with Gasteiger partial charge in [0.1, 0.15) is 4.99 Å². The number of halogens is 1. The van der Waals surface area contributed by atoms with Gasteiger partial charge in [0.15, 0.2) is 0 Å². The maximum Gasteiger partial charge on any atom is 0.107 e. The lowest BCUT2D eigenvalue weighted by Gasteiger charge is -2.21. The van der Waals surface area contributed by atoms with Crippen LogP contribution >= 0.6 is 23.8 Å². The molecule has 0 aromatic heterocycles. The average Bonchev–Trinajstić information content (AvgIpc) is 2.35. The van der Waals surface area contributed by atoms with Crippen molar-refractivity contribution in [3.8, 4) is 0 Å². The molecule has 0 aliphatic heterocycles. The van der Waals surface area contributed by atoms with E-state index in [1.165, 1.54) is 12.8 Å². The second-order valence-electron chi connectivity index (χ2n) is 4.80. The molecule has 0 aliphatic rings. The summed E-state index contributed by atoms with van der Waals surface area (Å²) in [4.78, 5) is 0.346. The van der Waals surface area contributed by atoms with Crippen LogP contribution in [-0.4, -0.2) is 11.0 Å². The number of anilines is 1. The number of rotatable bonds is 8. The van der Waals surface area contributed by atoms with E-state index in [0.29, 0.717) is 16.1 Å². The van der Waals surface area contributed by atoms with Crippen LogP contribution in [0.3, 0.4) is 0 Å². The van der Waals surface area contributed by atoms with E-state index in [4.69, 9.17) is 29.6 Å². The summed E-state index contributed by atoms with van der Waals surface area (Å²) < 4.78 is 0. The molecule has 106 valence electrons. The predicted octanol–water partition coefficient (Wildman–Crippen LogP) is 4.75. The maximum absolute atomic E-state index is 6.18. The van der Waals surface area contributed by atoms with Crippen LogP contribution < -0.4 is 11.1 Å². The molecule has 0 amide bonds. The summed E-state index contributed by atoms with van der Waals surface area (Å²) >= 11 is 11.3. The topological polar surface area (TPSA) is 38.0 Å². The van der Waals surface area contributed by atoms with Gasteiger partial charge in [-0.1, -0.05) is 63.0 Å². The minimum atomic E-state index is 0.346. The summed E-state index contributed by atoms with van der Waals surface area (Å²) in [6.45, 7) is 4.41. The van der Waals surface area contributed by atoms with Crippen molar-refractivity contribution in [3.63, 3.8) is 0 Å². The molecule has 0 bridgehead atoms. The molecule has 0 spiro atoms. The van der Waals surface area contributed by atoms with Crippen molar-refractivity contribution >= 4 is 34.5 Å². The van der Waals surface area contributed by atoms with Gasteiger partial charge in [-0.3, -0.25) is 0 Å². The van der Waals surface area contributed by atoms with Crippen molar-refractivity contribution < 1.29 is 0 Å². The van der Waals surface area contributed by atoms with E-state index in [2.05, 4.69) is 19.2 Å². The Hall–Kier alpha value is -0.800. The normalized spacial score (nSPS) is 12.2. The van der Waals surface area contributed by atoms with Crippen molar-refractivity contribution in [2.24, 2.45) is 5.73 Å². The van der Waals surface area contributed by atoms with Crippen LogP contribution in [-0.2, 0) is 0 Å². The molecule has 0 aliphatic carbocycles. The molecule has 1 aromatic carbocycles. The number of hydrogen-bond donors (Lipinski definition) is 2. The van der Waals surface area contributed by atoms with Crippen molar-refractivity contribution in [1.82, 2.24) is 0 Å². The van der Waals surface area contributed by atoms with E-state index in [1.807, 2.05) is 18.2 Å². The third-order valence-electron chi connectivity index (χ3n) is 3.16. The van der Waals surface area contributed by atoms with Gasteiger partial charge in [0, 0.05) is 11.7 Å². The molecule has 19 heavy (non-hydrogen) atoms. The standard InChI is InChI=1S/C15H23ClN2S/c1-3-5-8-11(7-4-2)18-13-10-6-9-12(16)14(13)15(17)19/h6,9-11,18H,3-5,7-8H2,1-2H3,(H2,17,19). The molecule has 3 N–H and O–H groups in total. The number of nitrogens with two attached hydrogens (primary N) is 1. The second-order valence-corrected chi connectivity index (χ2v) is 5.65. The van der Waals surface area contributed by atoms with Crippen molar-refractivity contribution in [2.45, 2.75) is 52.0 Å². The van der Waals surface area contributed by atoms with Gasteiger partial charge in [-0.25, -0.2) is 0 Å². The van der Waals surface area contributed by atoms with Crippen molar-refractivity contribution in [2.75, 3.05) is 5.32 Å². The Morgan fingerprint density at radius 2 is 2.05 bits per heavy atom. The summed E-state index contributed by atoms with van der Waals surface area (Å²) in [6, 6.07) is 6.20. The lowest BCUT2D eigenvalue weighted by atomic mass is 10.0. The van der Waals surface area contributed by atoms with E-state index in [-0.39, 0.29) is 0 Å². The highest BCUT2D eigenvalue weighted by molar-refractivity contribution is 7.80. The smallest absolute Gasteiger partial charge is 0.107 e. The SMILES string of the molecule is CCCCC(CCC)Nc1cccc(Cl)c1C(N)=S. The van der Waals surface area contributed by atoms with Gasteiger partial charge in [0.2, 0.25) is 0 Å². The Morgan fingerprint density at radius 3 is 2.63 bits per heavy atom. The molecule has 0 saturated carbocycles. The quantitative estimate of drug-likeness (QED) is 0.681. The summed E-state index contributed by atoms with van der Waals surface area (Å²) in [5.41, 5.74) is 7.49. The zero-order valence-corrected chi connectivity index (χ0v) is 13.3. The van der Waals surface area contributed by atoms with Crippen molar-refractivity contribution in [1.29, 1.82) is 0 Å². The molecule has 1 unspecified atom stereocenters. The maximum atomic E-state index is 6.18. The highest BCUT2D eigenvalue weighted by atomic mass is 35.5. The summed E-state index contributed by atoms with van der Waals surface area (Å²) in [6.07, 6.45) is 5.89. The summed E-state index contributed by atoms with van der Waals surface area (Å²) in [7, 11) is 0. The van der Waals surface area contributed by atoms with Gasteiger partial charge >= 0.3 is 0 Å². The first-order chi connectivity index (χ1) is 9.10. The number of unbranched alkanes of at least 4 members (excludes halogenated alkanes) is 1. The Morgan fingerprint density at radius 1 is 1.32 bits per heavy atom. The zero-order chi connectivity index (χ0) is 14.3. The van der Waals surface area contributed by atoms with Gasteiger partial charge in [0.25, 0.3) is 0 Å². The summed E-state index contributed by atoms with van der Waals surface area (Å²) in [5.74, 6) is 0. The lowest BCUT2D eigenvalue weighted by Crippen LogP contribution is -2.22. The third kappa shape index (κ3) is 5.00. The molecule has 1 atom stereocenters. The molecule has 0 radical (unpaired) electrons. The number of nitrogens with one attached hydrogen (secondary N) is 1. The fourth-order valence-electron chi connectivity index (χ4n) is 2.20. The third-order valence-corrected chi connectivity index (χ3v) is 3.68. The Balaban J connectivity index is 2.89. The Labute approximate surface area is 126 Å².